The number of hydrogen-bond donors (Lipinski definition) is 1. The smallest absolute Gasteiger partial charge is 0.234 e. The summed E-state index contributed by atoms with van der Waals surface area (Å²) in [6, 6.07) is -0.172. The third-order valence-electron chi connectivity index (χ3n) is 3.66. The molecule has 0 spiro atoms. The van der Waals surface area contributed by atoms with Gasteiger partial charge in [-0.3, -0.25) is 9.69 Å². The summed E-state index contributed by atoms with van der Waals surface area (Å²) in [6.45, 7) is 2.38. The molecule has 1 N–H and O–H groups in total. The number of nitrogens with zero attached hydrogens (tertiary/aromatic N) is 1. The number of likely N-dealkylation sites (tertiary alicyclic amines) is 1. The predicted molar refractivity (Wildman–Crippen MR) is 70.1 cm³/mol. The highest BCUT2D eigenvalue weighted by atomic mass is 32.2. The highest BCUT2D eigenvalue weighted by molar-refractivity contribution is 7.91. The van der Waals surface area contributed by atoms with Crippen LogP contribution in [-0.2, 0) is 14.6 Å². The molecule has 5 nitrogen and oxygen atoms in total. The lowest BCUT2D eigenvalue weighted by atomic mass is 10.2. The van der Waals surface area contributed by atoms with Crippen LogP contribution in [0.15, 0.2) is 0 Å². The first kappa shape index (κ1) is 13.8. The summed E-state index contributed by atoms with van der Waals surface area (Å²) in [5.74, 6) is 0.291. The van der Waals surface area contributed by atoms with Gasteiger partial charge in [-0.05, 0) is 32.4 Å². The Morgan fingerprint density at radius 2 is 1.83 bits per heavy atom. The topological polar surface area (TPSA) is 66.5 Å². The van der Waals surface area contributed by atoms with Gasteiger partial charge >= 0.3 is 0 Å². The average Bonchev–Trinajstić information content (AvgIpc) is 2.52. The fourth-order valence-electron chi connectivity index (χ4n) is 2.68. The van der Waals surface area contributed by atoms with Crippen LogP contribution in [0, 0.1) is 0 Å². The molecule has 0 saturated carbocycles. The lowest BCUT2D eigenvalue weighted by Crippen LogP contribution is -2.42. The van der Waals surface area contributed by atoms with Gasteiger partial charge in [-0.1, -0.05) is 12.8 Å². The maximum atomic E-state index is 11.8. The molecule has 1 amide bonds. The minimum absolute atomic E-state index is 0.0287. The Labute approximate surface area is 109 Å². The lowest BCUT2D eigenvalue weighted by Gasteiger charge is -2.20. The highest BCUT2D eigenvalue weighted by Crippen LogP contribution is 2.12. The molecule has 0 aromatic rings. The average molecular weight is 274 g/mol. The van der Waals surface area contributed by atoms with Crippen LogP contribution in [0.4, 0.5) is 0 Å². The van der Waals surface area contributed by atoms with Gasteiger partial charge < -0.3 is 5.32 Å². The van der Waals surface area contributed by atoms with E-state index in [1.807, 2.05) is 0 Å². The van der Waals surface area contributed by atoms with Crippen molar-refractivity contribution in [1.29, 1.82) is 0 Å². The molecule has 2 rings (SSSR count). The van der Waals surface area contributed by atoms with E-state index in [4.69, 9.17) is 0 Å². The van der Waals surface area contributed by atoms with Crippen molar-refractivity contribution in [3.63, 3.8) is 0 Å². The largest absolute Gasteiger partial charge is 0.351 e. The fourth-order valence-corrected chi connectivity index (χ4v) is 4.35. The van der Waals surface area contributed by atoms with E-state index in [-0.39, 0.29) is 23.5 Å². The molecule has 0 radical (unpaired) electrons. The van der Waals surface area contributed by atoms with E-state index < -0.39 is 9.84 Å². The van der Waals surface area contributed by atoms with Crippen molar-refractivity contribution in [2.45, 2.75) is 38.1 Å². The van der Waals surface area contributed by atoms with Crippen LogP contribution in [0.25, 0.3) is 0 Å². The third kappa shape index (κ3) is 4.24. The molecule has 2 aliphatic heterocycles. The Balaban J connectivity index is 1.75. The predicted octanol–water partition coefficient (Wildman–Crippen LogP) is 0.166. The van der Waals surface area contributed by atoms with Gasteiger partial charge in [-0.2, -0.15) is 0 Å². The standard InChI is InChI=1S/C12H22N2O3S/c15-12(9-14-6-3-1-2-4-7-14)13-11-5-8-18(16,17)10-11/h11H,1-10H2,(H,13,15)/t11-/m0/s1. The fraction of sp³-hybridized carbons (Fsp3) is 0.917. The molecule has 6 heteroatoms. The first-order chi connectivity index (χ1) is 8.55. The van der Waals surface area contributed by atoms with E-state index in [2.05, 4.69) is 10.2 Å². The second kappa shape index (κ2) is 6.02. The number of rotatable bonds is 3. The van der Waals surface area contributed by atoms with Gasteiger partial charge in [0.05, 0.1) is 18.1 Å². The third-order valence-corrected chi connectivity index (χ3v) is 5.43. The van der Waals surface area contributed by atoms with Crippen molar-refractivity contribution < 1.29 is 13.2 Å². The molecule has 0 bridgehead atoms. The molecule has 2 fully saturated rings. The molecule has 18 heavy (non-hydrogen) atoms. The van der Waals surface area contributed by atoms with E-state index in [0.29, 0.717) is 13.0 Å². The van der Waals surface area contributed by atoms with E-state index in [1.165, 1.54) is 12.8 Å². The van der Waals surface area contributed by atoms with Crippen LogP contribution >= 0.6 is 0 Å². The maximum Gasteiger partial charge on any atom is 0.234 e. The summed E-state index contributed by atoms with van der Waals surface area (Å²) in [6.07, 6.45) is 5.38. The lowest BCUT2D eigenvalue weighted by molar-refractivity contribution is -0.122. The van der Waals surface area contributed by atoms with Crippen LogP contribution < -0.4 is 5.32 Å². The summed E-state index contributed by atoms with van der Waals surface area (Å²) in [7, 11) is -2.91. The van der Waals surface area contributed by atoms with Crippen molar-refractivity contribution in [2.24, 2.45) is 0 Å². The summed E-state index contributed by atoms with van der Waals surface area (Å²) < 4.78 is 22.6. The second-order valence-corrected chi connectivity index (χ2v) is 7.59. The van der Waals surface area contributed by atoms with Gasteiger partial charge in [0.2, 0.25) is 5.91 Å². The number of carbonyl (C=O) groups is 1. The molecule has 2 saturated heterocycles. The van der Waals surface area contributed by atoms with Crippen LogP contribution in [0.1, 0.15) is 32.1 Å². The number of sulfone groups is 1. The van der Waals surface area contributed by atoms with E-state index in [0.717, 1.165) is 25.9 Å². The normalized spacial score (nSPS) is 28.8. The maximum absolute atomic E-state index is 11.8. The molecule has 1 atom stereocenters. The quantitative estimate of drug-likeness (QED) is 0.796. The molecule has 0 unspecified atom stereocenters. The minimum Gasteiger partial charge on any atom is -0.351 e. The van der Waals surface area contributed by atoms with Crippen LogP contribution in [0.5, 0.6) is 0 Å². The van der Waals surface area contributed by atoms with Crippen molar-refractivity contribution in [3.05, 3.63) is 0 Å². The Hall–Kier alpha value is -0.620. The molecular weight excluding hydrogens is 252 g/mol. The Morgan fingerprint density at radius 3 is 2.39 bits per heavy atom. The molecule has 2 aliphatic rings. The van der Waals surface area contributed by atoms with E-state index in [1.54, 1.807) is 0 Å². The molecule has 0 aliphatic carbocycles. The van der Waals surface area contributed by atoms with Crippen molar-refractivity contribution in [2.75, 3.05) is 31.1 Å². The molecule has 0 aromatic heterocycles. The van der Waals surface area contributed by atoms with Gasteiger partial charge in [-0.15, -0.1) is 0 Å². The zero-order valence-electron chi connectivity index (χ0n) is 10.7. The van der Waals surface area contributed by atoms with Crippen molar-refractivity contribution >= 4 is 15.7 Å². The Kier molecular flexibility index (Phi) is 4.61. The number of amides is 1. The van der Waals surface area contributed by atoms with Gasteiger partial charge in [0.25, 0.3) is 0 Å². The summed E-state index contributed by atoms with van der Waals surface area (Å²) in [4.78, 5) is 14.0. The first-order valence-corrected chi connectivity index (χ1v) is 8.59. The van der Waals surface area contributed by atoms with E-state index >= 15 is 0 Å². The molecular formula is C12H22N2O3S. The molecule has 2 heterocycles. The summed E-state index contributed by atoms with van der Waals surface area (Å²) in [5, 5.41) is 2.84. The second-order valence-electron chi connectivity index (χ2n) is 5.36. The highest BCUT2D eigenvalue weighted by Gasteiger charge is 2.29. The SMILES string of the molecule is O=C(CN1CCCCCC1)N[C@H]1CCS(=O)(=O)C1. The van der Waals surface area contributed by atoms with Crippen molar-refractivity contribution in [1.82, 2.24) is 10.2 Å². The Morgan fingerprint density at radius 1 is 1.17 bits per heavy atom. The Bertz CT molecular complexity index is 386. The van der Waals surface area contributed by atoms with Gasteiger partial charge in [0, 0.05) is 6.04 Å². The summed E-state index contributed by atoms with van der Waals surface area (Å²) >= 11 is 0. The van der Waals surface area contributed by atoms with Crippen molar-refractivity contribution in [3.8, 4) is 0 Å². The monoisotopic (exact) mass is 274 g/mol. The van der Waals surface area contributed by atoms with Gasteiger partial charge in [-0.25, -0.2) is 8.42 Å². The number of hydrogen-bond acceptors (Lipinski definition) is 4. The first-order valence-electron chi connectivity index (χ1n) is 6.77. The molecule has 0 aromatic carbocycles. The van der Waals surface area contributed by atoms with Crippen LogP contribution in [-0.4, -0.2) is 56.4 Å². The van der Waals surface area contributed by atoms with Crippen LogP contribution in [0.3, 0.4) is 0 Å². The molecule has 104 valence electrons. The zero-order valence-corrected chi connectivity index (χ0v) is 11.5. The zero-order chi connectivity index (χ0) is 13.0. The van der Waals surface area contributed by atoms with E-state index in [9.17, 15) is 13.2 Å². The van der Waals surface area contributed by atoms with Gasteiger partial charge in [0.1, 0.15) is 0 Å². The number of carbonyl (C=O) groups excluding carboxylic acids is 1. The summed E-state index contributed by atoms with van der Waals surface area (Å²) in [5.41, 5.74) is 0. The minimum atomic E-state index is -2.91. The van der Waals surface area contributed by atoms with Gasteiger partial charge in [0.15, 0.2) is 9.84 Å². The number of nitrogens with one attached hydrogen (secondary N) is 1. The van der Waals surface area contributed by atoms with Crippen LogP contribution in [0.2, 0.25) is 0 Å².